The summed E-state index contributed by atoms with van der Waals surface area (Å²) in [6.07, 6.45) is 1.84. The maximum absolute atomic E-state index is 12.4. The third kappa shape index (κ3) is 3.56. The van der Waals surface area contributed by atoms with Crippen LogP contribution in [0.2, 0.25) is 0 Å². The second-order valence-electron chi connectivity index (χ2n) is 6.04. The monoisotopic (exact) mass is 357 g/mol. The number of aromatic nitrogens is 4. The summed E-state index contributed by atoms with van der Waals surface area (Å²) in [6.45, 7) is 3.78. The molecule has 0 aliphatic carbocycles. The van der Waals surface area contributed by atoms with Gasteiger partial charge in [-0.05, 0) is 25.5 Å². The number of esters is 1. The Morgan fingerprint density at radius 3 is 2.85 bits per heavy atom. The van der Waals surface area contributed by atoms with Gasteiger partial charge in [0, 0.05) is 12.0 Å². The lowest BCUT2D eigenvalue weighted by atomic mass is 10.0. The highest BCUT2D eigenvalue weighted by molar-refractivity contribution is 5.87. The van der Waals surface area contributed by atoms with E-state index in [1.807, 2.05) is 26.0 Å². The first kappa shape index (κ1) is 17.6. The first-order valence-corrected chi connectivity index (χ1v) is 8.14. The number of amides is 1. The first-order chi connectivity index (χ1) is 12.5. The summed E-state index contributed by atoms with van der Waals surface area (Å²) in [5, 5.41) is 10.7. The van der Waals surface area contributed by atoms with Gasteiger partial charge in [0.05, 0.1) is 12.6 Å². The first-order valence-electron chi connectivity index (χ1n) is 8.14. The number of nitrogens with zero attached hydrogens (tertiary/aromatic N) is 4. The Labute approximate surface area is 149 Å². The van der Waals surface area contributed by atoms with Crippen molar-refractivity contribution in [2.45, 2.75) is 32.2 Å². The number of oxazole rings is 1. The van der Waals surface area contributed by atoms with Gasteiger partial charge < -0.3 is 14.5 Å². The maximum atomic E-state index is 12.4. The Bertz CT molecular complexity index is 932. The maximum Gasteiger partial charge on any atom is 0.360 e. The molecular weight excluding hydrogens is 338 g/mol. The predicted octanol–water partition coefficient (Wildman–Crippen LogP) is 2.35. The highest BCUT2D eigenvalue weighted by Gasteiger charge is 2.21. The fourth-order valence-electron chi connectivity index (χ4n) is 2.69. The van der Waals surface area contributed by atoms with Gasteiger partial charge in [0.15, 0.2) is 11.6 Å². The number of hydrogen-bond acceptors (Lipinski definition) is 7. The lowest BCUT2D eigenvalue weighted by Gasteiger charge is -2.16. The van der Waals surface area contributed by atoms with Crippen LogP contribution in [-0.2, 0) is 4.74 Å². The molecule has 2 atom stereocenters. The van der Waals surface area contributed by atoms with Crippen molar-refractivity contribution in [1.29, 1.82) is 0 Å². The van der Waals surface area contributed by atoms with Gasteiger partial charge >= 0.3 is 12.0 Å². The van der Waals surface area contributed by atoms with Crippen LogP contribution >= 0.6 is 0 Å². The van der Waals surface area contributed by atoms with E-state index in [-0.39, 0.29) is 23.7 Å². The summed E-state index contributed by atoms with van der Waals surface area (Å²) in [5.41, 5.74) is 1.42. The van der Waals surface area contributed by atoms with Gasteiger partial charge in [-0.2, -0.15) is 4.68 Å². The van der Waals surface area contributed by atoms with E-state index < -0.39 is 5.97 Å². The van der Waals surface area contributed by atoms with Gasteiger partial charge in [-0.3, -0.25) is 0 Å². The van der Waals surface area contributed by atoms with Crippen molar-refractivity contribution in [3.05, 3.63) is 42.1 Å². The third-order valence-electron chi connectivity index (χ3n) is 3.96. The molecule has 2 aromatic heterocycles. The molecule has 0 bridgehead atoms. The van der Waals surface area contributed by atoms with E-state index >= 15 is 0 Å². The molecule has 0 aliphatic rings. The number of fused-ring (bicyclic) bond motifs is 1. The molecule has 26 heavy (non-hydrogen) atoms. The zero-order valence-electron chi connectivity index (χ0n) is 14.7. The van der Waals surface area contributed by atoms with Crippen LogP contribution < -0.4 is 5.32 Å². The molecule has 3 aromatic rings. The minimum atomic E-state index is -0.549. The topological polar surface area (TPSA) is 112 Å². The van der Waals surface area contributed by atoms with E-state index in [2.05, 4.69) is 25.3 Å². The Hall–Kier alpha value is -3.23. The Kier molecular flexibility index (Phi) is 4.97. The van der Waals surface area contributed by atoms with Crippen LogP contribution in [0.25, 0.3) is 11.0 Å². The number of carbonyl (C=O) groups is 2. The molecule has 9 nitrogen and oxygen atoms in total. The molecule has 136 valence electrons. The number of benzene rings is 1. The standard InChI is InChI=1S/C17H19N5O4/c1-10(15-19-13(9-26-15)16(23)25-3)8-11(2)18-17(24)22-14-7-5-4-6-12(14)20-21-22/h4-7,9-11H,8H2,1-3H3,(H,18,24). The fourth-order valence-corrected chi connectivity index (χ4v) is 2.69. The summed E-state index contributed by atoms with van der Waals surface area (Å²) in [7, 11) is 1.28. The van der Waals surface area contributed by atoms with Crippen molar-refractivity contribution in [3.8, 4) is 0 Å². The molecular formula is C17H19N5O4. The second-order valence-corrected chi connectivity index (χ2v) is 6.04. The minimum Gasteiger partial charge on any atom is -0.464 e. The fraction of sp³-hybridized carbons (Fsp3) is 0.353. The summed E-state index contributed by atoms with van der Waals surface area (Å²) >= 11 is 0. The number of nitrogens with one attached hydrogen (secondary N) is 1. The SMILES string of the molecule is COC(=O)c1coc(C(C)CC(C)NC(=O)n2nnc3ccccc32)n1. The molecule has 9 heteroatoms. The molecule has 1 aromatic carbocycles. The lowest BCUT2D eigenvalue weighted by molar-refractivity contribution is 0.0594. The molecule has 3 rings (SSSR count). The largest absolute Gasteiger partial charge is 0.464 e. The average Bonchev–Trinajstić information content (AvgIpc) is 3.28. The van der Waals surface area contributed by atoms with Crippen LogP contribution in [0.4, 0.5) is 4.79 Å². The van der Waals surface area contributed by atoms with Gasteiger partial charge in [0.1, 0.15) is 11.8 Å². The quantitative estimate of drug-likeness (QED) is 0.697. The summed E-state index contributed by atoms with van der Waals surface area (Å²) < 4.78 is 11.2. The third-order valence-corrected chi connectivity index (χ3v) is 3.96. The number of hydrogen-bond donors (Lipinski definition) is 1. The van der Waals surface area contributed by atoms with E-state index in [4.69, 9.17) is 4.42 Å². The van der Waals surface area contributed by atoms with Gasteiger partial charge in [0.2, 0.25) is 0 Å². The van der Waals surface area contributed by atoms with Crippen LogP contribution in [-0.4, -0.2) is 45.1 Å². The predicted molar refractivity (Wildman–Crippen MR) is 91.8 cm³/mol. The van der Waals surface area contributed by atoms with E-state index in [9.17, 15) is 9.59 Å². The van der Waals surface area contributed by atoms with Crippen molar-refractivity contribution in [1.82, 2.24) is 25.3 Å². The van der Waals surface area contributed by atoms with Crippen LogP contribution in [0.15, 0.2) is 34.9 Å². The summed E-state index contributed by atoms with van der Waals surface area (Å²) in [5.74, 6) is -0.236. The summed E-state index contributed by atoms with van der Waals surface area (Å²) in [4.78, 5) is 28.0. The Morgan fingerprint density at radius 1 is 1.31 bits per heavy atom. The van der Waals surface area contributed by atoms with E-state index in [1.54, 1.807) is 12.1 Å². The molecule has 0 fully saturated rings. The molecule has 0 aliphatic heterocycles. The molecule has 1 amide bonds. The smallest absolute Gasteiger partial charge is 0.360 e. The molecule has 2 unspecified atom stereocenters. The van der Waals surface area contributed by atoms with Crippen LogP contribution in [0.3, 0.4) is 0 Å². The molecule has 0 saturated carbocycles. The molecule has 1 N–H and O–H groups in total. The van der Waals surface area contributed by atoms with Gasteiger partial charge in [-0.25, -0.2) is 14.6 Å². The number of carbonyl (C=O) groups excluding carboxylic acids is 2. The van der Waals surface area contributed by atoms with E-state index in [0.717, 1.165) is 0 Å². The number of ether oxygens (including phenoxy) is 1. The van der Waals surface area contributed by atoms with Crippen molar-refractivity contribution < 1.29 is 18.7 Å². The average molecular weight is 357 g/mol. The zero-order chi connectivity index (χ0) is 18.7. The Morgan fingerprint density at radius 2 is 2.08 bits per heavy atom. The highest BCUT2D eigenvalue weighted by atomic mass is 16.5. The molecule has 2 heterocycles. The highest BCUT2D eigenvalue weighted by Crippen LogP contribution is 2.20. The number of para-hydroxylation sites is 1. The van der Waals surface area contributed by atoms with Crippen molar-refractivity contribution >= 4 is 23.0 Å². The normalized spacial score (nSPS) is 13.3. The number of rotatable bonds is 5. The van der Waals surface area contributed by atoms with E-state index in [1.165, 1.54) is 18.1 Å². The molecule has 0 spiro atoms. The zero-order valence-corrected chi connectivity index (χ0v) is 14.7. The van der Waals surface area contributed by atoms with Crippen LogP contribution in [0.1, 0.15) is 42.6 Å². The van der Waals surface area contributed by atoms with Crippen molar-refractivity contribution in [2.24, 2.45) is 0 Å². The second kappa shape index (κ2) is 7.34. The summed E-state index contributed by atoms with van der Waals surface area (Å²) in [6, 6.07) is 6.70. The van der Waals surface area contributed by atoms with Crippen LogP contribution in [0.5, 0.6) is 0 Å². The number of methoxy groups -OCH3 is 1. The van der Waals surface area contributed by atoms with Crippen molar-refractivity contribution in [3.63, 3.8) is 0 Å². The molecule has 0 saturated heterocycles. The van der Waals surface area contributed by atoms with Gasteiger partial charge in [-0.15, -0.1) is 5.10 Å². The molecule has 0 radical (unpaired) electrons. The minimum absolute atomic E-state index is 0.101. The van der Waals surface area contributed by atoms with Gasteiger partial charge in [0.25, 0.3) is 0 Å². The Balaban J connectivity index is 1.63. The van der Waals surface area contributed by atoms with Crippen LogP contribution in [0, 0.1) is 0 Å². The lowest BCUT2D eigenvalue weighted by Crippen LogP contribution is -2.37. The van der Waals surface area contributed by atoms with E-state index in [0.29, 0.717) is 23.3 Å². The van der Waals surface area contributed by atoms with Crippen molar-refractivity contribution in [2.75, 3.05) is 7.11 Å². The van der Waals surface area contributed by atoms with Gasteiger partial charge in [-0.1, -0.05) is 24.3 Å².